The molecule has 6 nitrogen and oxygen atoms in total. The van der Waals surface area contributed by atoms with Crippen molar-refractivity contribution in [3.63, 3.8) is 0 Å². The Morgan fingerprint density at radius 2 is 1.72 bits per heavy atom. The van der Waals surface area contributed by atoms with Crippen LogP contribution in [-0.4, -0.2) is 17.7 Å². The van der Waals surface area contributed by atoms with Crippen molar-refractivity contribution >= 4 is 11.9 Å². The summed E-state index contributed by atoms with van der Waals surface area (Å²) in [6, 6.07) is 10.1. The Kier molecular flexibility index (Phi) is 3.20. The number of aliphatic imine (C=N–C) groups is 2. The Labute approximate surface area is 106 Å². The Morgan fingerprint density at radius 3 is 2.28 bits per heavy atom. The summed E-state index contributed by atoms with van der Waals surface area (Å²) in [5.74, 6) is -0.479. The van der Waals surface area contributed by atoms with E-state index in [0.717, 1.165) is 0 Å². The van der Waals surface area contributed by atoms with Gasteiger partial charge in [-0.1, -0.05) is 37.3 Å². The molecule has 1 aromatic rings. The summed E-state index contributed by atoms with van der Waals surface area (Å²) in [7, 11) is 0. The fraction of sp³-hybridized carbons (Fsp3) is 0.333. The average molecular weight is 246 g/mol. The monoisotopic (exact) mass is 246 g/mol. The summed E-state index contributed by atoms with van der Waals surface area (Å²) in [5.41, 5.74) is 18.5. The molecule has 1 atom stereocenters. The summed E-state index contributed by atoms with van der Waals surface area (Å²) in [4.78, 5) is 8.25. The van der Waals surface area contributed by atoms with Crippen LogP contribution in [0.25, 0.3) is 0 Å². The van der Waals surface area contributed by atoms with Gasteiger partial charge in [-0.05, 0) is 11.5 Å². The maximum absolute atomic E-state index is 6.10. The van der Waals surface area contributed by atoms with E-state index in [0.29, 0.717) is 6.42 Å². The Bertz CT molecular complexity index is 461. The molecule has 0 saturated carbocycles. The van der Waals surface area contributed by atoms with E-state index in [1.54, 1.807) is 0 Å². The van der Waals surface area contributed by atoms with Gasteiger partial charge in [-0.3, -0.25) is 11.1 Å². The van der Waals surface area contributed by atoms with E-state index < -0.39 is 5.79 Å². The van der Waals surface area contributed by atoms with Crippen molar-refractivity contribution in [1.82, 2.24) is 5.32 Å². The third-order valence-corrected chi connectivity index (χ3v) is 2.86. The van der Waals surface area contributed by atoms with Crippen molar-refractivity contribution in [2.24, 2.45) is 27.2 Å². The maximum atomic E-state index is 6.10. The maximum Gasteiger partial charge on any atom is 0.210 e. The first-order valence-electron chi connectivity index (χ1n) is 5.80. The minimum atomic E-state index is -1.09. The molecule has 0 fully saturated rings. The predicted octanol–water partition coefficient (Wildman–Crippen LogP) is 0.0253. The Morgan fingerprint density at radius 1 is 1.17 bits per heavy atom. The molecule has 1 aromatic carbocycles. The Hall–Kier alpha value is -2.08. The highest BCUT2D eigenvalue weighted by molar-refractivity contribution is 5.98. The molecule has 1 aliphatic rings. The lowest BCUT2D eigenvalue weighted by Crippen LogP contribution is -2.53. The molecule has 0 spiro atoms. The molecular formula is C12H18N6. The molecule has 7 N–H and O–H groups in total. The molecule has 0 radical (unpaired) electrons. The first-order valence-corrected chi connectivity index (χ1v) is 5.80. The van der Waals surface area contributed by atoms with Crippen LogP contribution in [0.1, 0.15) is 24.8 Å². The largest absolute Gasteiger partial charge is 0.370 e. The Balaban J connectivity index is 2.16. The van der Waals surface area contributed by atoms with Gasteiger partial charge in [0.2, 0.25) is 5.79 Å². The lowest BCUT2D eigenvalue weighted by Gasteiger charge is -2.28. The van der Waals surface area contributed by atoms with Crippen LogP contribution in [0.15, 0.2) is 40.3 Å². The smallest absolute Gasteiger partial charge is 0.210 e. The lowest BCUT2D eigenvalue weighted by atomic mass is 9.94. The summed E-state index contributed by atoms with van der Waals surface area (Å²) in [6.07, 6.45) is 0.542. The highest BCUT2D eigenvalue weighted by atomic mass is 15.4. The zero-order valence-electron chi connectivity index (χ0n) is 10.3. The number of guanidine groups is 2. The van der Waals surface area contributed by atoms with Gasteiger partial charge >= 0.3 is 0 Å². The van der Waals surface area contributed by atoms with E-state index >= 15 is 0 Å². The van der Waals surface area contributed by atoms with Gasteiger partial charge in [-0.15, -0.1) is 0 Å². The minimum Gasteiger partial charge on any atom is -0.370 e. The second kappa shape index (κ2) is 4.66. The standard InChI is InChI=1S/C12H18N6/c1-8(9-5-3-2-4-6-9)7-12(15)17-10(13)16-11(14)18-12/h2-6,8H,7,15H2,1H3,(H5,13,14,16,17,18). The molecule has 0 amide bonds. The molecule has 0 saturated heterocycles. The van der Waals surface area contributed by atoms with Crippen molar-refractivity contribution < 1.29 is 0 Å². The molecule has 18 heavy (non-hydrogen) atoms. The highest BCUT2D eigenvalue weighted by Gasteiger charge is 2.30. The normalized spacial score (nSPS) is 19.4. The van der Waals surface area contributed by atoms with Gasteiger partial charge in [-0.2, -0.15) is 0 Å². The van der Waals surface area contributed by atoms with E-state index in [-0.39, 0.29) is 17.8 Å². The van der Waals surface area contributed by atoms with E-state index in [2.05, 4.69) is 34.4 Å². The number of nitrogens with two attached hydrogens (primary N) is 3. The van der Waals surface area contributed by atoms with Gasteiger partial charge in [-0.25, -0.2) is 9.98 Å². The molecule has 0 bridgehead atoms. The van der Waals surface area contributed by atoms with Gasteiger partial charge < -0.3 is 11.5 Å². The van der Waals surface area contributed by atoms with Crippen molar-refractivity contribution in [2.75, 3.05) is 0 Å². The van der Waals surface area contributed by atoms with Gasteiger partial charge in [0.1, 0.15) is 0 Å². The average Bonchev–Trinajstić information content (AvgIpc) is 2.27. The molecule has 0 aromatic heterocycles. The van der Waals surface area contributed by atoms with Crippen LogP contribution in [0.3, 0.4) is 0 Å². The topological polar surface area (TPSA) is 115 Å². The van der Waals surface area contributed by atoms with Gasteiger partial charge in [0, 0.05) is 6.42 Å². The fourth-order valence-electron chi connectivity index (χ4n) is 2.07. The van der Waals surface area contributed by atoms with Crippen LogP contribution in [0.5, 0.6) is 0 Å². The van der Waals surface area contributed by atoms with Gasteiger partial charge in [0.15, 0.2) is 11.9 Å². The van der Waals surface area contributed by atoms with Crippen molar-refractivity contribution in [1.29, 1.82) is 0 Å². The second-order valence-corrected chi connectivity index (χ2v) is 4.51. The second-order valence-electron chi connectivity index (χ2n) is 4.51. The van der Waals surface area contributed by atoms with E-state index in [4.69, 9.17) is 17.2 Å². The van der Waals surface area contributed by atoms with Crippen LogP contribution in [0.2, 0.25) is 0 Å². The SMILES string of the molecule is CC(CC1(N)N=C(N)NC(N)=N1)c1ccccc1. The molecule has 1 unspecified atom stereocenters. The summed E-state index contributed by atoms with van der Waals surface area (Å²) < 4.78 is 0. The third-order valence-electron chi connectivity index (χ3n) is 2.86. The highest BCUT2D eigenvalue weighted by Crippen LogP contribution is 2.26. The van der Waals surface area contributed by atoms with Crippen molar-refractivity contribution in [3.8, 4) is 0 Å². The van der Waals surface area contributed by atoms with E-state index in [9.17, 15) is 0 Å². The molecule has 6 heteroatoms. The van der Waals surface area contributed by atoms with Crippen LogP contribution >= 0.6 is 0 Å². The van der Waals surface area contributed by atoms with Crippen LogP contribution in [-0.2, 0) is 0 Å². The lowest BCUT2D eigenvalue weighted by molar-refractivity contribution is 0.393. The number of hydrogen-bond donors (Lipinski definition) is 4. The van der Waals surface area contributed by atoms with Crippen LogP contribution < -0.4 is 22.5 Å². The molecule has 96 valence electrons. The van der Waals surface area contributed by atoms with Gasteiger partial charge in [0.05, 0.1) is 0 Å². The molecule has 2 rings (SSSR count). The van der Waals surface area contributed by atoms with Crippen molar-refractivity contribution in [3.05, 3.63) is 35.9 Å². The van der Waals surface area contributed by atoms with Crippen molar-refractivity contribution in [2.45, 2.75) is 25.0 Å². The number of hydrogen-bond acceptors (Lipinski definition) is 6. The first-order chi connectivity index (χ1) is 8.48. The number of rotatable bonds is 3. The number of nitrogens with one attached hydrogen (secondary N) is 1. The van der Waals surface area contributed by atoms with E-state index in [1.165, 1.54) is 5.56 Å². The molecular weight excluding hydrogens is 228 g/mol. The predicted molar refractivity (Wildman–Crippen MR) is 72.8 cm³/mol. The zero-order chi connectivity index (χ0) is 13.2. The number of benzene rings is 1. The van der Waals surface area contributed by atoms with Gasteiger partial charge in [0.25, 0.3) is 0 Å². The summed E-state index contributed by atoms with van der Waals surface area (Å²) in [6.45, 7) is 2.07. The minimum absolute atomic E-state index is 0.199. The van der Waals surface area contributed by atoms with Crippen LogP contribution in [0, 0.1) is 0 Å². The third kappa shape index (κ3) is 2.78. The molecule has 1 aliphatic heterocycles. The van der Waals surface area contributed by atoms with Crippen LogP contribution in [0.4, 0.5) is 0 Å². The number of nitrogens with zero attached hydrogens (tertiary/aromatic N) is 2. The van der Waals surface area contributed by atoms with E-state index in [1.807, 2.05) is 18.2 Å². The molecule has 1 heterocycles. The quantitative estimate of drug-likeness (QED) is 0.602. The fourth-order valence-corrected chi connectivity index (χ4v) is 2.07. The summed E-state index contributed by atoms with van der Waals surface area (Å²) >= 11 is 0. The zero-order valence-corrected chi connectivity index (χ0v) is 10.3. The summed E-state index contributed by atoms with van der Waals surface area (Å²) in [5, 5.41) is 2.62. The molecule has 0 aliphatic carbocycles. The first kappa shape index (κ1) is 12.4.